The lowest BCUT2D eigenvalue weighted by Crippen LogP contribution is -1.97. The summed E-state index contributed by atoms with van der Waals surface area (Å²) in [4.78, 5) is 35.8. The quantitative estimate of drug-likeness (QED) is 0.413. The van der Waals surface area contributed by atoms with Gasteiger partial charge in [0.2, 0.25) is 9.48 Å². The van der Waals surface area contributed by atoms with Crippen molar-refractivity contribution in [2.45, 2.75) is 0 Å². The fourth-order valence-electron chi connectivity index (χ4n) is 2.82. The molecule has 3 aromatic heterocycles. The van der Waals surface area contributed by atoms with Crippen LogP contribution in [0.3, 0.4) is 0 Å². The van der Waals surface area contributed by atoms with Crippen LogP contribution in [0.1, 0.15) is 0 Å². The highest BCUT2D eigenvalue weighted by atomic mass is 32.1. The molecule has 0 aliphatic carbocycles. The van der Waals surface area contributed by atoms with E-state index >= 15 is 0 Å². The van der Waals surface area contributed by atoms with E-state index < -0.39 is 0 Å². The number of nitrogens with zero attached hydrogens (tertiary/aromatic N) is 2. The Morgan fingerprint density at radius 2 is 1.00 bits per heavy atom. The molecule has 0 saturated carbocycles. The van der Waals surface area contributed by atoms with Crippen LogP contribution in [0.5, 0.6) is 0 Å². The molecule has 27 heavy (non-hydrogen) atoms. The topological polar surface area (TPSA) is 59.9 Å². The molecule has 0 fully saturated rings. The van der Waals surface area contributed by atoms with E-state index in [9.17, 15) is 9.59 Å². The molecule has 0 N–H and O–H groups in total. The third-order valence-electron chi connectivity index (χ3n) is 4.10. The van der Waals surface area contributed by atoms with Crippen molar-refractivity contribution in [3.05, 3.63) is 79.7 Å². The number of benzene rings is 2. The molecular formula is C20H10N2O2S3. The van der Waals surface area contributed by atoms with Gasteiger partial charge in [0.1, 0.15) is 10.0 Å². The summed E-state index contributed by atoms with van der Waals surface area (Å²) >= 11 is 3.77. The van der Waals surface area contributed by atoms with E-state index in [4.69, 9.17) is 0 Å². The van der Waals surface area contributed by atoms with E-state index in [1.165, 1.54) is 11.3 Å². The number of para-hydroxylation sites is 2. The molecule has 2 aromatic carbocycles. The van der Waals surface area contributed by atoms with E-state index in [-0.39, 0.29) is 9.48 Å². The van der Waals surface area contributed by atoms with E-state index in [0.29, 0.717) is 31.8 Å². The van der Waals surface area contributed by atoms with Gasteiger partial charge in [-0.1, -0.05) is 46.9 Å². The van der Waals surface area contributed by atoms with Gasteiger partial charge in [-0.15, -0.1) is 11.3 Å². The van der Waals surface area contributed by atoms with Crippen LogP contribution < -0.4 is 9.48 Å². The van der Waals surface area contributed by atoms with Crippen molar-refractivity contribution in [3.63, 3.8) is 0 Å². The first-order valence-electron chi connectivity index (χ1n) is 8.09. The molecule has 0 spiro atoms. The summed E-state index contributed by atoms with van der Waals surface area (Å²) in [6, 6.07) is 18.6. The van der Waals surface area contributed by atoms with Crippen molar-refractivity contribution >= 4 is 55.8 Å². The molecule has 0 bridgehead atoms. The fourth-order valence-corrected chi connectivity index (χ4v) is 5.63. The van der Waals surface area contributed by atoms with Crippen LogP contribution >= 0.6 is 34.0 Å². The summed E-state index contributed by atoms with van der Waals surface area (Å²) in [7, 11) is 0. The van der Waals surface area contributed by atoms with Crippen LogP contribution in [0.2, 0.25) is 0 Å². The van der Waals surface area contributed by atoms with Gasteiger partial charge in [-0.05, 0) is 36.4 Å². The Kier molecular flexibility index (Phi) is 3.93. The van der Waals surface area contributed by atoms with Gasteiger partial charge in [0.25, 0.3) is 0 Å². The predicted molar refractivity (Wildman–Crippen MR) is 114 cm³/mol. The minimum Gasteiger partial charge on any atom is -0.277 e. The fraction of sp³-hybridized carbons (Fsp3) is 0. The third kappa shape index (κ3) is 2.90. The number of thiophene rings is 1. The normalized spacial score (nSPS) is 11.3. The number of rotatable bonds is 2. The first-order chi connectivity index (χ1) is 13.2. The lowest BCUT2D eigenvalue weighted by Gasteiger charge is -2.00. The van der Waals surface area contributed by atoms with Crippen molar-refractivity contribution in [2.75, 3.05) is 0 Å². The molecule has 3 heterocycles. The van der Waals surface area contributed by atoms with Gasteiger partial charge in [-0.25, -0.2) is 9.97 Å². The zero-order valence-electron chi connectivity index (χ0n) is 13.7. The highest BCUT2D eigenvalue weighted by Gasteiger charge is 2.13. The second-order valence-electron chi connectivity index (χ2n) is 5.81. The lowest BCUT2D eigenvalue weighted by molar-refractivity contribution is 1.47. The van der Waals surface area contributed by atoms with Gasteiger partial charge in [-0.3, -0.25) is 9.59 Å². The van der Waals surface area contributed by atoms with Crippen LogP contribution in [-0.4, -0.2) is 9.97 Å². The first-order valence-corrected chi connectivity index (χ1v) is 10.5. The molecule has 0 aliphatic heterocycles. The molecule has 5 rings (SSSR count). The summed E-state index contributed by atoms with van der Waals surface area (Å²) < 4.78 is -0.00178. The van der Waals surface area contributed by atoms with Crippen LogP contribution in [0, 0.1) is 0 Å². The van der Waals surface area contributed by atoms with E-state index in [1.54, 1.807) is 12.1 Å². The van der Waals surface area contributed by atoms with E-state index in [2.05, 4.69) is 9.97 Å². The summed E-state index contributed by atoms with van der Waals surface area (Å²) in [6.45, 7) is 0. The van der Waals surface area contributed by atoms with Crippen LogP contribution in [0.4, 0.5) is 0 Å². The second kappa shape index (κ2) is 6.45. The summed E-state index contributed by atoms with van der Waals surface area (Å²) in [5, 5.41) is 2.64. The van der Waals surface area contributed by atoms with E-state index in [0.717, 1.165) is 32.4 Å². The molecule has 0 amide bonds. The third-order valence-corrected chi connectivity index (χ3v) is 7.28. The maximum absolute atomic E-state index is 12.4. The Morgan fingerprint density at radius 1 is 0.556 bits per heavy atom. The largest absolute Gasteiger partial charge is 0.277 e. The lowest BCUT2D eigenvalue weighted by atomic mass is 10.2. The summed E-state index contributed by atoms with van der Waals surface area (Å²) in [6.07, 6.45) is 0. The van der Waals surface area contributed by atoms with Crippen LogP contribution in [0.15, 0.2) is 70.3 Å². The van der Waals surface area contributed by atoms with Gasteiger partial charge >= 0.3 is 0 Å². The monoisotopic (exact) mass is 406 g/mol. The van der Waals surface area contributed by atoms with Crippen LogP contribution in [-0.2, 0) is 0 Å². The summed E-state index contributed by atoms with van der Waals surface area (Å²) in [5.74, 6) is 0. The predicted octanol–water partition coefficient (Wildman–Crippen LogP) is 5.02. The standard InChI is InChI=1S/C20H10N2O2S3/c23-19-11-5-1-3-7-13(11)21-17(26-19)15-9-10-16(25-15)18-22-14-8-4-2-6-12(14)20(24)27-18/h1-10H. The number of aromatic nitrogens is 2. The molecule has 4 nitrogen and oxygen atoms in total. The minimum absolute atomic E-state index is 0.000892. The van der Waals surface area contributed by atoms with Crippen molar-refractivity contribution < 1.29 is 0 Å². The SMILES string of the molecule is O=c1sc(-c2ccc(-c3nc4ccccc4c(=O)s3)s2)nc2ccccc12. The molecule has 7 heteroatoms. The Bertz CT molecular complexity index is 1320. The Balaban J connectivity index is 1.63. The average Bonchev–Trinajstić information content (AvgIpc) is 3.18. The van der Waals surface area contributed by atoms with Gasteiger partial charge in [-0.2, -0.15) is 0 Å². The smallest absolute Gasteiger partial charge is 0.243 e. The Morgan fingerprint density at radius 3 is 1.48 bits per heavy atom. The van der Waals surface area contributed by atoms with Crippen LogP contribution in [0.25, 0.3) is 41.6 Å². The summed E-state index contributed by atoms with van der Waals surface area (Å²) in [5.41, 5.74) is 1.39. The maximum atomic E-state index is 12.4. The highest BCUT2D eigenvalue weighted by Crippen LogP contribution is 2.35. The van der Waals surface area contributed by atoms with Gasteiger partial charge in [0, 0.05) is 0 Å². The van der Waals surface area contributed by atoms with Gasteiger partial charge < -0.3 is 0 Å². The molecule has 5 aromatic rings. The molecule has 0 atom stereocenters. The molecule has 0 saturated heterocycles. The molecular weight excluding hydrogens is 396 g/mol. The molecule has 0 aliphatic rings. The molecule has 0 unspecified atom stereocenters. The maximum Gasteiger partial charge on any atom is 0.243 e. The van der Waals surface area contributed by atoms with Crippen molar-refractivity contribution in [1.29, 1.82) is 0 Å². The average molecular weight is 407 g/mol. The van der Waals surface area contributed by atoms with Gasteiger partial charge in [0.05, 0.1) is 31.6 Å². The van der Waals surface area contributed by atoms with Gasteiger partial charge in [0.15, 0.2) is 0 Å². The highest BCUT2D eigenvalue weighted by molar-refractivity contribution is 7.25. The number of fused-ring (bicyclic) bond motifs is 2. The number of hydrogen-bond acceptors (Lipinski definition) is 7. The van der Waals surface area contributed by atoms with E-state index in [1.807, 2.05) is 48.5 Å². The molecule has 0 radical (unpaired) electrons. The second-order valence-corrected chi connectivity index (χ2v) is 8.82. The zero-order chi connectivity index (χ0) is 18.4. The minimum atomic E-state index is -0.000892. The Labute approximate surface area is 165 Å². The van der Waals surface area contributed by atoms with Crippen molar-refractivity contribution in [2.24, 2.45) is 0 Å². The van der Waals surface area contributed by atoms with Crippen molar-refractivity contribution in [1.82, 2.24) is 9.97 Å². The zero-order valence-corrected chi connectivity index (χ0v) is 16.2. The molecule has 130 valence electrons. The Hall–Kier alpha value is -2.74. The first kappa shape index (κ1) is 16.4. The van der Waals surface area contributed by atoms with Crippen molar-refractivity contribution in [3.8, 4) is 19.8 Å². The number of hydrogen-bond donors (Lipinski definition) is 0.